The molecule has 0 aliphatic carbocycles. The maximum Gasteiger partial charge on any atom is 0.346 e. The van der Waals surface area contributed by atoms with Crippen molar-refractivity contribution in [1.82, 2.24) is 9.97 Å². The number of benzene rings is 1. The van der Waals surface area contributed by atoms with Gasteiger partial charge in [-0.2, -0.15) is 0 Å². The van der Waals surface area contributed by atoms with Crippen LogP contribution >= 0.6 is 0 Å². The Bertz CT molecular complexity index is 758. The summed E-state index contributed by atoms with van der Waals surface area (Å²) < 4.78 is 5.42. The minimum Gasteiger partial charge on any atom is -0.478 e. The molecule has 0 radical (unpaired) electrons. The number of nitrogens with one attached hydrogen (secondary N) is 1. The fraction of sp³-hybridized carbons (Fsp3) is 0.154. The van der Waals surface area contributed by atoms with Gasteiger partial charge in [-0.25, -0.2) is 9.78 Å². The molecule has 1 atom stereocenters. The number of H-pyrrole nitrogens is 1. The lowest BCUT2D eigenvalue weighted by atomic mass is 10.2. The molecule has 1 aromatic carbocycles. The summed E-state index contributed by atoms with van der Waals surface area (Å²) in [5, 5.41) is 9.18. The van der Waals surface area contributed by atoms with Crippen LogP contribution in [0.15, 0.2) is 35.4 Å². The van der Waals surface area contributed by atoms with Gasteiger partial charge in [0.2, 0.25) is 6.10 Å². The van der Waals surface area contributed by atoms with Crippen molar-refractivity contribution in [2.75, 3.05) is 17.2 Å². The Hall–Kier alpha value is -3.03. The molecule has 4 N–H and O–H groups in total. The summed E-state index contributed by atoms with van der Waals surface area (Å²) >= 11 is 0. The van der Waals surface area contributed by atoms with Crippen LogP contribution in [0.4, 0.5) is 17.2 Å². The van der Waals surface area contributed by atoms with Crippen molar-refractivity contribution in [3.05, 3.63) is 40.9 Å². The average molecular weight is 288 g/mol. The fourth-order valence-electron chi connectivity index (χ4n) is 2.18. The van der Waals surface area contributed by atoms with Gasteiger partial charge in [0.25, 0.3) is 5.56 Å². The maximum absolute atomic E-state index is 11.6. The Morgan fingerprint density at radius 2 is 2.24 bits per heavy atom. The number of hydrogen-bond donors (Lipinski definition) is 3. The molecule has 3 rings (SSSR count). The Morgan fingerprint density at radius 3 is 3.00 bits per heavy atom. The number of ether oxygens (including phenoxy) is 1. The topological polar surface area (TPSA) is 122 Å². The number of nitrogens with zero attached hydrogens (tertiary/aromatic N) is 2. The number of carboxylic acid groups (broad SMARTS) is 1. The third kappa shape index (κ3) is 2.16. The van der Waals surface area contributed by atoms with E-state index in [1.165, 1.54) is 6.33 Å². The maximum atomic E-state index is 11.6. The third-order valence-electron chi connectivity index (χ3n) is 3.17. The Kier molecular flexibility index (Phi) is 2.98. The molecule has 0 spiro atoms. The van der Waals surface area contributed by atoms with Gasteiger partial charge in [0.15, 0.2) is 5.82 Å². The van der Waals surface area contributed by atoms with Gasteiger partial charge in [0.1, 0.15) is 11.4 Å². The van der Waals surface area contributed by atoms with Crippen LogP contribution in [0.5, 0.6) is 5.75 Å². The molecular weight excluding hydrogens is 276 g/mol. The number of fused-ring (bicyclic) bond motifs is 1. The van der Waals surface area contributed by atoms with Crippen molar-refractivity contribution in [2.45, 2.75) is 6.10 Å². The molecule has 8 heteroatoms. The van der Waals surface area contributed by atoms with Gasteiger partial charge >= 0.3 is 5.97 Å². The van der Waals surface area contributed by atoms with E-state index in [0.29, 0.717) is 11.4 Å². The summed E-state index contributed by atoms with van der Waals surface area (Å²) in [6.07, 6.45) is 0.155. The summed E-state index contributed by atoms with van der Waals surface area (Å²) in [4.78, 5) is 30.8. The number of anilines is 3. The summed E-state index contributed by atoms with van der Waals surface area (Å²) in [7, 11) is 0. The van der Waals surface area contributed by atoms with Gasteiger partial charge in [0, 0.05) is 0 Å². The standard InChI is InChI=1S/C13H12N4O4/c14-10-11(15-6-16-12(10)18)17-5-9(13(19)20)21-8-4-2-1-3-7(8)17/h1-4,6,9H,5,14H2,(H,19,20)(H,15,16,18). The summed E-state index contributed by atoms with van der Waals surface area (Å²) in [5.41, 5.74) is 5.82. The number of para-hydroxylation sites is 2. The predicted octanol–water partition coefficient (Wildman–Crippen LogP) is 0.336. The molecule has 1 unspecified atom stereocenters. The van der Waals surface area contributed by atoms with Gasteiger partial charge in [-0.05, 0) is 12.1 Å². The lowest BCUT2D eigenvalue weighted by molar-refractivity contribution is -0.144. The number of rotatable bonds is 2. The van der Waals surface area contributed by atoms with Crippen molar-refractivity contribution >= 4 is 23.2 Å². The van der Waals surface area contributed by atoms with Gasteiger partial charge < -0.3 is 25.5 Å². The van der Waals surface area contributed by atoms with E-state index in [0.717, 1.165) is 0 Å². The number of hydrogen-bond acceptors (Lipinski definition) is 6. The van der Waals surface area contributed by atoms with Crippen molar-refractivity contribution in [2.24, 2.45) is 0 Å². The highest BCUT2D eigenvalue weighted by Crippen LogP contribution is 2.38. The van der Waals surface area contributed by atoms with Crippen LogP contribution in [0, 0.1) is 0 Å². The van der Waals surface area contributed by atoms with E-state index < -0.39 is 17.6 Å². The van der Waals surface area contributed by atoms with Gasteiger partial charge in [-0.15, -0.1) is 0 Å². The number of aromatic nitrogens is 2. The van der Waals surface area contributed by atoms with E-state index in [9.17, 15) is 14.7 Å². The van der Waals surface area contributed by atoms with Crippen molar-refractivity contribution in [3.8, 4) is 5.75 Å². The molecule has 1 aromatic heterocycles. The molecule has 0 bridgehead atoms. The number of carbonyl (C=O) groups is 1. The average Bonchev–Trinajstić information content (AvgIpc) is 2.49. The number of aromatic amines is 1. The molecule has 108 valence electrons. The van der Waals surface area contributed by atoms with Crippen LogP contribution in [0.3, 0.4) is 0 Å². The van der Waals surface area contributed by atoms with Crippen molar-refractivity contribution < 1.29 is 14.6 Å². The fourth-order valence-corrected chi connectivity index (χ4v) is 2.18. The second kappa shape index (κ2) is 4.82. The molecular formula is C13H12N4O4. The van der Waals surface area contributed by atoms with Gasteiger partial charge in [-0.3, -0.25) is 4.79 Å². The monoisotopic (exact) mass is 288 g/mol. The molecule has 1 aliphatic rings. The van der Waals surface area contributed by atoms with Crippen LogP contribution in [0.2, 0.25) is 0 Å². The van der Waals surface area contributed by atoms with E-state index >= 15 is 0 Å². The second-order valence-electron chi connectivity index (χ2n) is 4.49. The molecule has 2 heterocycles. The zero-order valence-corrected chi connectivity index (χ0v) is 10.8. The Labute approximate surface area is 118 Å². The lowest BCUT2D eigenvalue weighted by Gasteiger charge is -2.33. The number of aliphatic carboxylic acids is 1. The number of nitrogens with two attached hydrogens (primary N) is 1. The first kappa shape index (κ1) is 13.0. The van der Waals surface area contributed by atoms with Crippen molar-refractivity contribution in [1.29, 1.82) is 0 Å². The minimum absolute atomic E-state index is 0.00694. The van der Waals surface area contributed by atoms with E-state index in [-0.39, 0.29) is 18.1 Å². The molecule has 0 fully saturated rings. The third-order valence-corrected chi connectivity index (χ3v) is 3.17. The summed E-state index contributed by atoms with van der Waals surface area (Å²) in [6.45, 7) is 0.00694. The number of nitrogen functional groups attached to an aromatic ring is 1. The summed E-state index contributed by atoms with van der Waals surface area (Å²) in [6, 6.07) is 6.91. The summed E-state index contributed by atoms with van der Waals surface area (Å²) in [5.74, 6) is -0.490. The SMILES string of the molecule is Nc1c(N2CC(C(=O)O)Oc3ccccc32)nc[nH]c1=O. The molecule has 2 aromatic rings. The van der Waals surface area contributed by atoms with Crippen LogP contribution in [-0.2, 0) is 4.79 Å². The molecule has 8 nitrogen and oxygen atoms in total. The second-order valence-corrected chi connectivity index (χ2v) is 4.49. The van der Waals surface area contributed by atoms with E-state index in [2.05, 4.69) is 9.97 Å². The van der Waals surface area contributed by atoms with E-state index in [1.807, 2.05) is 0 Å². The molecule has 0 amide bonds. The molecule has 0 saturated carbocycles. The van der Waals surface area contributed by atoms with Crippen LogP contribution in [-0.4, -0.2) is 33.7 Å². The van der Waals surface area contributed by atoms with Crippen LogP contribution < -0.4 is 20.9 Å². The lowest BCUT2D eigenvalue weighted by Crippen LogP contribution is -2.43. The van der Waals surface area contributed by atoms with E-state index in [1.54, 1.807) is 29.2 Å². The molecule has 1 aliphatic heterocycles. The minimum atomic E-state index is -1.10. The van der Waals surface area contributed by atoms with Gasteiger partial charge in [0.05, 0.1) is 18.6 Å². The largest absolute Gasteiger partial charge is 0.478 e. The van der Waals surface area contributed by atoms with E-state index in [4.69, 9.17) is 10.5 Å². The van der Waals surface area contributed by atoms with Crippen LogP contribution in [0.1, 0.15) is 0 Å². The smallest absolute Gasteiger partial charge is 0.346 e. The number of carboxylic acids is 1. The van der Waals surface area contributed by atoms with Gasteiger partial charge in [-0.1, -0.05) is 12.1 Å². The molecule has 0 saturated heterocycles. The molecule has 21 heavy (non-hydrogen) atoms. The van der Waals surface area contributed by atoms with Crippen LogP contribution in [0.25, 0.3) is 0 Å². The quantitative estimate of drug-likeness (QED) is 0.728. The zero-order valence-electron chi connectivity index (χ0n) is 10.8. The Morgan fingerprint density at radius 1 is 1.48 bits per heavy atom. The predicted molar refractivity (Wildman–Crippen MR) is 74.8 cm³/mol. The highest BCUT2D eigenvalue weighted by Gasteiger charge is 2.32. The highest BCUT2D eigenvalue weighted by atomic mass is 16.5. The van der Waals surface area contributed by atoms with Crippen molar-refractivity contribution in [3.63, 3.8) is 0 Å². The first-order valence-electron chi connectivity index (χ1n) is 6.17. The normalized spacial score (nSPS) is 17.0. The first-order valence-corrected chi connectivity index (χ1v) is 6.17. The first-order chi connectivity index (χ1) is 10.1. The zero-order chi connectivity index (χ0) is 15.0. The highest BCUT2D eigenvalue weighted by molar-refractivity contribution is 5.80. The Balaban J connectivity index is 2.14.